The van der Waals surface area contributed by atoms with Crippen LogP contribution in [0.15, 0.2) is 0 Å². The van der Waals surface area contributed by atoms with Gasteiger partial charge >= 0.3 is 0 Å². The van der Waals surface area contributed by atoms with Gasteiger partial charge in [0.05, 0.1) is 12.7 Å². The second-order valence-corrected chi connectivity index (χ2v) is 7.02. The van der Waals surface area contributed by atoms with Crippen molar-refractivity contribution >= 4 is 0 Å². The first-order valence-corrected chi connectivity index (χ1v) is 9.59. The predicted molar refractivity (Wildman–Crippen MR) is 92.9 cm³/mol. The van der Waals surface area contributed by atoms with Gasteiger partial charge in [0.1, 0.15) is 0 Å². The van der Waals surface area contributed by atoms with Crippen molar-refractivity contribution in [1.82, 2.24) is 4.90 Å². The van der Waals surface area contributed by atoms with E-state index in [0.717, 1.165) is 13.2 Å². The molecule has 21 heavy (non-hydrogen) atoms. The van der Waals surface area contributed by atoms with Crippen LogP contribution in [0.4, 0.5) is 0 Å². The molecule has 0 radical (unpaired) electrons. The number of unbranched alkanes of at least 4 members (excludes halogenated alkanes) is 10. The van der Waals surface area contributed by atoms with E-state index in [-0.39, 0.29) is 0 Å². The summed E-state index contributed by atoms with van der Waals surface area (Å²) in [6, 6.07) is 0.615. The molecule has 1 aliphatic heterocycles. The van der Waals surface area contributed by atoms with Gasteiger partial charge in [0.25, 0.3) is 0 Å². The molecule has 1 aliphatic rings. The summed E-state index contributed by atoms with van der Waals surface area (Å²) in [6.45, 7) is 10.1. The maximum Gasteiger partial charge on any atom is 0.0674 e. The Morgan fingerprint density at radius 1 is 0.810 bits per heavy atom. The average molecular weight is 298 g/mol. The van der Waals surface area contributed by atoms with E-state index < -0.39 is 0 Å². The number of hydrogen-bond acceptors (Lipinski definition) is 2. The Labute approximate surface area is 133 Å². The fourth-order valence-corrected chi connectivity index (χ4v) is 3.26. The summed E-state index contributed by atoms with van der Waals surface area (Å²) in [7, 11) is 0. The molecule has 0 aromatic heterocycles. The van der Waals surface area contributed by atoms with Crippen molar-refractivity contribution < 1.29 is 4.74 Å². The first-order valence-electron chi connectivity index (χ1n) is 9.59. The Hall–Kier alpha value is -0.0800. The molecule has 0 aromatic rings. The minimum atomic E-state index is 0.425. The van der Waals surface area contributed by atoms with E-state index in [1.807, 2.05) is 0 Å². The normalized spacial score (nSPS) is 23.6. The fraction of sp³-hybridized carbons (Fsp3) is 1.00. The molecule has 1 rings (SSSR count). The zero-order chi connectivity index (χ0) is 15.3. The summed E-state index contributed by atoms with van der Waals surface area (Å²) in [4.78, 5) is 2.61. The number of rotatable bonds is 12. The molecule has 0 saturated carbocycles. The first-order chi connectivity index (χ1) is 10.2. The standard InChI is InChI=1S/C19H39NO/c1-4-5-6-7-8-9-10-11-12-13-14-15-20-16-19(3)21-17-18(20)2/h18-19H,4-17H2,1-3H3. The molecule has 0 bridgehead atoms. The molecule has 0 aromatic carbocycles. The molecule has 2 unspecified atom stereocenters. The highest BCUT2D eigenvalue weighted by atomic mass is 16.5. The van der Waals surface area contributed by atoms with Crippen LogP contribution in [0.3, 0.4) is 0 Å². The molecule has 2 nitrogen and oxygen atoms in total. The molecule has 126 valence electrons. The van der Waals surface area contributed by atoms with Gasteiger partial charge in [0.2, 0.25) is 0 Å². The van der Waals surface area contributed by atoms with Gasteiger partial charge in [0.15, 0.2) is 0 Å². The quantitative estimate of drug-likeness (QED) is 0.447. The smallest absolute Gasteiger partial charge is 0.0674 e. The van der Waals surface area contributed by atoms with Gasteiger partial charge in [0, 0.05) is 12.6 Å². The minimum absolute atomic E-state index is 0.425. The molecular formula is C19H39NO. The van der Waals surface area contributed by atoms with Crippen molar-refractivity contribution in [1.29, 1.82) is 0 Å². The van der Waals surface area contributed by atoms with Crippen molar-refractivity contribution in [2.45, 2.75) is 104 Å². The summed E-state index contributed by atoms with van der Waals surface area (Å²) >= 11 is 0. The number of ether oxygens (including phenoxy) is 1. The highest BCUT2D eigenvalue weighted by Gasteiger charge is 2.22. The van der Waals surface area contributed by atoms with E-state index in [1.54, 1.807) is 0 Å². The minimum Gasteiger partial charge on any atom is -0.376 e. The Morgan fingerprint density at radius 3 is 1.90 bits per heavy atom. The van der Waals surface area contributed by atoms with Gasteiger partial charge < -0.3 is 4.74 Å². The molecule has 0 N–H and O–H groups in total. The van der Waals surface area contributed by atoms with Gasteiger partial charge in [-0.15, -0.1) is 0 Å². The Kier molecular flexibility index (Phi) is 11.3. The van der Waals surface area contributed by atoms with Crippen molar-refractivity contribution in [2.24, 2.45) is 0 Å². The second kappa shape index (κ2) is 12.5. The predicted octanol–water partition coefficient (Wildman–Crippen LogP) is 5.41. The highest BCUT2D eigenvalue weighted by molar-refractivity contribution is 4.74. The van der Waals surface area contributed by atoms with E-state index in [9.17, 15) is 0 Å². The van der Waals surface area contributed by atoms with Crippen LogP contribution in [0.1, 0.15) is 91.4 Å². The van der Waals surface area contributed by atoms with Crippen LogP contribution < -0.4 is 0 Å². The highest BCUT2D eigenvalue weighted by Crippen LogP contribution is 2.14. The van der Waals surface area contributed by atoms with E-state index in [4.69, 9.17) is 4.74 Å². The summed E-state index contributed by atoms with van der Waals surface area (Å²) in [5.41, 5.74) is 0. The van der Waals surface area contributed by atoms with Gasteiger partial charge in [-0.1, -0.05) is 71.1 Å². The molecule has 2 heteroatoms. The monoisotopic (exact) mass is 297 g/mol. The molecule has 1 saturated heterocycles. The number of nitrogens with zero attached hydrogens (tertiary/aromatic N) is 1. The second-order valence-electron chi connectivity index (χ2n) is 7.02. The lowest BCUT2D eigenvalue weighted by atomic mass is 10.1. The summed E-state index contributed by atoms with van der Waals surface area (Å²) < 4.78 is 5.69. The number of hydrogen-bond donors (Lipinski definition) is 0. The molecule has 0 spiro atoms. The SMILES string of the molecule is CCCCCCCCCCCCCN1CC(C)OCC1C. The zero-order valence-electron chi connectivity index (χ0n) is 14.9. The first kappa shape index (κ1) is 19.0. The topological polar surface area (TPSA) is 12.5 Å². The molecule has 1 heterocycles. The van der Waals surface area contributed by atoms with Crippen LogP contribution >= 0.6 is 0 Å². The van der Waals surface area contributed by atoms with E-state index in [0.29, 0.717) is 12.1 Å². The van der Waals surface area contributed by atoms with E-state index >= 15 is 0 Å². The molecular weight excluding hydrogens is 258 g/mol. The Morgan fingerprint density at radius 2 is 1.33 bits per heavy atom. The van der Waals surface area contributed by atoms with E-state index in [1.165, 1.54) is 77.2 Å². The van der Waals surface area contributed by atoms with E-state index in [2.05, 4.69) is 25.7 Å². The fourth-order valence-electron chi connectivity index (χ4n) is 3.26. The van der Waals surface area contributed by atoms with Gasteiger partial charge in [-0.2, -0.15) is 0 Å². The molecule has 0 aliphatic carbocycles. The zero-order valence-corrected chi connectivity index (χ0v) is 14.9. The van der Waals surface area contributed by atoms with Gasteiger partial charge in [-0.25, -0.2) is 0 Å². The molecule has 1 fully saturated rings. The summed E-state index contributed by atoms with van der Waals surface area (Å²) in [5, 5.41) is 0. The summed E-state index contributed by atoms with van der Waals surface area (Å²) in [5.74, 6) is 0. The Bertz CT molecular complexity index is 232. The molecule has 2 atom stereocenters. The summed E-state index contributed by atoms with van der Waals surface area (Å²) in [6.07, 6.45) is 16.2. The maximum absolute atomic E-state index is 5.69. The maximum atomic E-state index is 5.69. The van der Waals surface area contributed by atoms with Crippen LogP contribution in [0.2, 0.25) is 0 Å². The lowest BCUT2D eigenvalue weighted by Gasteiger charge is -2.36. The van der Waals surface area contributed by atoms with Crippen molar-refractivity contribution in [2.75, 3.05) is 19.7 Å². The van der Waals surface area contributed by atoms with Gasteiger partial charge in [-0.05, 0) is 26.8 Å². The Balaban J connectivity index is 1.84. The third-order valence-electron chi connectivity index (χ3n) is 4.79. The third-order valence-corrected chi connectivity index (χ3v) is 4.79. The van der Waals surface area contributed by atoms with Crippen molar-refractivity contribution in [3.63, 3.8) is 0 Å². The lowest BCUT2D eigenvalue weighted by molar-refractivity contribution is -0.0496. The van der Waals surface area contributed by atoms with Crippen molar-refractivity contribution in [3.8, 4) is 0 Å². The van der Waals surface area contributed by atoms with Crippen LogP contribution in [-0.2, 0) is 4.74 Å². The van der Waals surface area contributed by atoms with Gasteiger partial charge in [-0.3, -0.25) is 4.90 Å². The van der Waals surface area contributed by atoms with Crippen LogP contribution in [0.25, 0.3) is 0 Å². The van der Waals surface area contributed by atoms with Crippen LogP contribution in [-0.4, -0.2) is 36.7 Å². The number of morpholine rings is 1. The molecule has 0 amide bonds. The third kappa shape index (κ3) is 9.52. The lowest BCUT2D eigenvalue weighted by Crippen LogP contribution is -2.47. The van der Waals surface area contributed by atoms with Crippen LogP contribution in [0.5, 0.6) is 0 Å². The van der Waals surface area contributed by atoms with Crippen molar-refractivity contribution in [3.05, 3.63) is 0 Å². The average Bonchev–Trinajstić information content (AvgIpc) is 2.48. The largest absolute Gasteiger partial charge is 0.376 e. The van der Waals surface area contributed by atoms with Crippen LogP contribution in [0, 0.1) is 0 Å².